The van der Waals surface area contributed by atoms with E-state index in [-0.39, 0.29) is 0 Å². The minimum atomic E-state index is 0.701. The zero-order valence-corrected chi connectivity index (χ0v) is 33.7. The van der Waals surface area contributed by atoms with Gasteiger partial charge in [-0.2, -0.15) is 0 Å². The molecule has 0 aliphatic rings. The number of hydrogen-bond donors (Lipinski definition) is 0. The highest BCUT2D eigenvalue weighted by Crippen LogP contribution is 2.41. The smallest absolute Gasteiger partial charge is 0.160 e. The van der Waals surface area contributed by atoms with Crippen molar-refractivity contribution in [3.63, 3.8) is 0 Å². The summed E-state index contributed by atoms with van der Waals surface area (Å²) in [6.07, 6.45) is 0. The summed E-state index contributed by atoms with van der Waals surface area (Å²) in [7, 11) is 0. The van der Waals surface area contributed by atoms with Gasteiger partial charge in [0.15, 0.2) is 5.82 Å². The van der Waals surface area contributed by atoms with Crippen LogP contribution in [0.3, 0.4) is 0 Å². The lowest BCUT2D eigenvalue weighted by Crippen LogP contribution is -1.96. The Kier molecular flexibility index (Phi) is 8.50. The Bertz CT molecular complexity index is 3610. The molecule has 12 rings (SSSR count). The van der Waals surface area contributed by atoms with Crippen LogP contribution in [0.1, 0.15) is 0 Å². The van der Waals surface area contributed by atoms with Gasteiger partial charge in [0, 0.05) is 27.6 Å². The highest BCUT2D eigenvalue weighted by Gasteiger charge is 2.17. The summed E-state index contributed by atoms with van der Waals surface area (Å²) in [5.74, 6) is 0.701. The number of nitrogens with zero attached hydrogens (tertiary/aromatic N) is 3. The summed E-state index contributed by atoms with van der Waals surface area (Å²) < 4.78 is 0. The van der Waals surface area contributed by atoms with Crippen LogP contribution in [0.25, 0.3) is 121 Å². The minimum absolute atomic E-state index is 0.701. The van der Waals surface area contributed by atoms with Crippen LogP contribution in [0.2, 0.25) is 0 Å². The Balaban J connectivity index is 1.06. The highest BCUT2D eigenvalue weighted by atomic mass is 14.9. The van der Waals surface area contributed by atoms with Crippen LogP contribution < -0.4 is 0 Å². The fourth-order valence-electron chi connectivity index (χ4n) is 9.22. The monoisotopic (exact) mass is 787 g/mol. The second-order valence-electron chi connectivity index (χ2n) is 15.9. The van der Waals surface area contributed by atoms with E-state index >= 15 is 0 Å². The lowest BCUT2D eigenvalue weighted by Gasteiger charge is -2.16. The zero-order chi connectivity index (χ0) is 41.0. The van der Waals surface area contributed by atoms with Crippen LogP contribution in [0.15, 0.2) is 224 Å². The topological polar surface area (TPSA) is 38.7 Å². The largest absolute Gasteiger partial charge is 0.248 e. The molecule has 62 heavy (non-hydrogen) atoms. The average Bonchev–Trinajstić information content (AvgIpc) is 3.36. The van der Waals surface area contributed by atoms with Crippen LogP contribution in [-0.2, 0) is 0 Å². The lowest BCUT2D eigenvalue weighted by atomic mass is 9.90. The first kappa shape index (κ1) is 35.7. The zero-order valence-electron chi connectivity index (χ0n) is 33.7. The maximum absolute atomic E-state index is 5.46. The summed E-state index contributed by atoms with van der Waals surface area (Å²) in [6, 6.07) is 80.0. The first-order valence-corrected chi connectivity index (χ1v) is 21.1. The molecule has 3 heteroatoms. The molecule has 0 N–H and O–H groups in total. The van der Waals surface area contributed by atoms with Gasteiger partial charge in [0.05, 0.1) is 22.6 Å². The molecule has 2 aromatic heterocycles. The molecule has 0 fully saturated rings. The van der Waals surface area contributed by atoms with E-state index in [1.54, 1.807) is 0 Å². The van der Waals surface area contributed by atoms with Gasteiger partial charge >= 0.3 is 0 Å². The SMILES string of the molecule is c1ccc(-c2cc(-c3ccc(-c4cc(-c5cc6ccccc6c6ccccc56)nc5ccc(-c6cc7ccccc7c7ccccc67)cc45)cc3)nc(-c3ccccc3)n2)cc1. The van der Waals surface area contributed by atoms with Gasteiger partial charge in [-0.25, -0.2) is 15.0 Å². The Morgan fingerprint density at radius 1 is 0.226 bits per heavy atom. The second-order valence-corrected chi connectivity index (χ2v) is 15.9. The van der Waals surface area contributed by atoms with Gasteiger partial charge in [-0.1, -0.05) is 188 Å². The van der Waals surface area contributed by atoms with Gasteiger partial charge in [0.25, 0.3) is 0 Å². The number of rotatable bonds is 6. The molecule has 0 bridgehead atoms. The fourth-order valence-corrected chi connectivity index (χ4v) is 9.22. The molecule has 0 aliphatic heterocycles. The molecule has 0 amide bonds. The third-order valence-electron chi connectivity index (χ3n) is 12.3. The molecule has 0 atom stereocenters. The molecular formula is C59H37N3. The van der Waals surface area contributed by atoms with E-state index in [0.29, 0.717) is 5.82 Å². The van der Waals surface area contributed by atoms with E-state index < -0.39 is 0 Å². The van der Waals surface area contributed by atoms with Crippen molar-refractivity contribution in [3.8, 4) is 67.4 Å². The van der Waals surface area contributed by atoms with Crippen molar-refractivity contribution in [2.24, 2.45) is 0 Å². The fraction of sp³-hybridized carbons (Fsp3) is 0. The third-order valence-corrected chi connectivity index (χ3v) is 12.3. The van der Waals surface area contributed by atoms with E-state index in [1.165, 1.54) is 48.7 Å². The average molecular weight is 788 g/mol. The quantitative estimate of drug-likeness (QED) is 0.158. The molecule has 288 valence electrons. The van der Waals surface area contributed by atoms with Crippen molar-refractivity contribution >= 4 is 54.0 Å². The Morgan fingerprint density at radius 3 is 1.31 bits per heavy atom. The third kappa shape index (κ3) is 6.18. The van der Waals surface area contributed by atoms with Gasteiger partial charge in [0.2, 0.25) is 0 Å². The molecule has 10 aromatic carbocycles. The molecule has 0 spiro atoms. The summed E-state index contributed by atoms with van der Waals surface area (Å²) >= 11 is 0. The number of pyridine rings is 1. The Labute approximate surface area is 359 Å². The first-order chi connectivity index (χ1) is 30.7. The predicted octanol–water partition coefficient (Wildman–Crippen LogP) is 15.6. The number of aromatic nitrogens is 3. The lowest BCUT2D eigenvalue weighted by molar-refractivity contribution is 1.18. The minimum Gasteiger partial charge on any atom is -0.248 e. The molecule has 3 nitrogen and oxygen atoms in total. The summed E-state index contributed by atoms with van der Waals surface area (Å²) in [5, 5.41) is 10.9. The molecule has 2 heterocycles. The van der Waals surface area contributed by atoms with Crippen molar-refractivity contribution in [1.29, 1.82) is 0 Å². The van der Waals surface area contributed by atoms with E-state index in [2.05, 4.69) is 200 Å². The standard InChI is InChI=1S/C59H37N3/c1-3-15-39(16-4-1)56-37-57(62-59(61-56)41-17-5-2-6-18-41)40-29-27-38(28-30-40)52-36-58(53-34-43-20-8-10-22-46(43)48-24-12-14-26-50(48)53)60-55-32-31-44(35-54(52)55)51-33-42-19-7-9-21-45(42)47-23-11-13-25-49(47)51/h1-37H. The second kappa shape index (κ2) is 14.8. The van der Waals surface area contributed by atoms with Crippen molar-refractivity contribution in [1.82, 2.24) is 15.0 Å². The Morgan fingerprint density at radius 2 is 0.677 bits per heavy atom. The van der Waals surface area contributed by atoms with Gasteiger partial charge in [0.1, 0.15) is 0 Å². The van der Waals surface area contributed by atoms with Gasteiger partial charge < -0.3 is 0 Å². The maximum Gasteiger partial charge on any atom is 0.160 e. The number of benzene rings is 10. The van der Waals surface area contributed by atoms with Crippen LogP contribution >= 0.6 is 0 Å². The first-order valence-electron chi connectivity index (χ1n) is 21.1. The van der Waals surface area contributed by atoms with Crippen LogP contribution in [0, 0.1) is 0 Å². The molecular weight excluding hydrogens is 751 g/mol. The van der Waals surface area contributed by atoms with Gasteiger partial charge in [-0.3, -0.25) is 0 Å². The normalized spacial score (nSPS) is 11.5. The molecule has 0 saturated carbocycles. The number of fused-ring (bicyclic) bond motifs is 7. The molecule has 12 aromatic rings. The van der Waals surface area contributed by atoms with Gasteiger partial charge in [-0.15, -0.1) is 0 Å². The molecule has 0 unspecified atom stereocenters. The van der Waals surface area contributed by atoms with E-state index in [9.17, 15) is 0 Å². The van der Waals surface area contributed by atoms with E-state index in [4.69, 9.17) is 15.0 Å². The van der Waals surface area contributed by atoms with Crippen LogP contribution in [0.4, 0.5) is 0 Å². The van der Waals surface area contributed by atoms with Crippen molar-refractivity contribution in [2.75, 3.05) is 0 Å². The predicted molar refractivity (Wildman–Crippen MR) is 260 cm³/mol. The van der Waals surface area contributed by atoms with Crippen LogP contribution in [0.5, 0.6) is 0 Å². The Hall–Kier alpha value is -8.27. The molecule has 0 aliphatic carbocycles. The van der Waals surface area contributed by atoms with Crippen molar-refractivity contribution in [2.45, 2.75) is 0 Å². The summed E-state index contributed by atoms with van der Waals surface area (Å²) in [6.45, 7) is 0. The molecule has 0 radical (unpaired) electrons. The summed E-state index contributed by atoms with van der Waals surface area (Å²) in [4.78, 5) is 15.6. The number of hydrogen-bond acceptors (Lipinski definition) is 3. The molecule has 0 saturated heterocycles. The van der Waals surface area contributed by atoms with Crippen molar-refractivity contribution in [3.05, 3.63) is 224 Å². The summed E-state index contributed by atoms with van der Waals surface area (Å²) in [5.41, 5.74) is 12.4. The van der Waals surface area contributed by atoms with E-state index in [0.717, 1.165) is 66.9 Å². The van der Waals surface area contributed by atoms with Crippen LogP contribution in [-0.4, -0.2) is 15.0 Å². The van der Waals surface area contributed by atoms with Gasteiger partial charge in [-0.05, 0) is 102 Å². The van der Waals surface area contributed by atoms with Crippen molar-refractivity contribution < 1.29 is 0 Å². The maximum atomic E-state index is 5.46. The van der Waals surface area contributed by atoms with E-state index in [1.807, 2.05) is 24.3 Å². The highest BCUT2D eigenvalue weighted by molar-refractivity contribution is 6.16.